The van der Waals surface area contributed by atoms with Crippen molar-refractivity contribution >= 4 is 34.1 Å². The molecule has 0 fully saturated rings. The minimum Gasteiger partial charge on any atom is -0.393 e. The number of hydrogen-bond acceptors (Lipinski definition) is 4. The largest absolute Gasteiger partial charge is 0.393 e. The molecule has 0 radical (unpaired) electrons. The highest BCUT2D eigenvalue weighted by Gasteiger charge is 2.01. The Bertz CT molecular complexity index is 304. The number of nitrogens with zero attached hydrogens (tertiary/aromatic N) is 1. The Labute approximate surface area is 99.3 Å². The third kappa shape index (κ3) is 5.71. The van der Waals surface area contributed by atoms with Crippen molar-refractivity contribution < 1.29 is 5.11 Å². The Hall–Kier alpha value is -0.650. The number of anilines is 1. The topological polar surface area (TPSA) is 45.1 Å². The van der Waals surface area contributed by atoms with Gasteiger partial charge in [0.2, 0.25) is 0 Å². The summed E-state index contributed by atoms with van der Waals surface area (Å²) in [7, 11) is 0. The van der Waals surface area contributed by atoms with Crippen LogP contribution in [0.1, 0.15) is 13.3 Å². The summed E-state index contributed by atoms with van der Waals surface area (Å²) in [5.41, 5.74) is 0. The van der Waals surface area contributed by atoms with Crippen LogP contribution in [0, 0.1) is 0 Å². The second kappa shape index (κ2) is 6.76. The summed E-state index contributed by atoms with van der Waals surface area (Å²) < 4.78 is 0.689. The molecular formula is C10H14N2OS2. The first-order valence-electron chi connectivity index (χ1n) is 4.71. The van der Waals surface area contributed by atoms with Gasteiger partial charge in [0.25, 0.3) is 0 Å². The fraction of sp³-hybridized carbons (Fsp3) is 0.400. The molecule has 3 nitrogen and oxygen atoms in total. The molecule has 0 aliphatic carbocycles. The lowest BCUT2D eigenvalue weighted by atomic mass is 10.3. The van der Waals surface area contributed by atoms with E-state index in [9.17, 15) is 0 Å². The Morgan fingerprint density at radius 2 is 2.47 bits per heavy atom. The van der Waals surface area contributed by atoms with Gasteiger partial charge >= 0.3 is 0 Å². The number of aliphatic hydroxyl groups excluding tert-OH is 1. The van der Waals surface area contributed by atoms with Crippen LogP contribution in [-0.4, -0.2) is 26.3 Å². The highest BCUT2D eigenvalue weighted by molar-refractivity contribution is 8.23. The Kier molecular flexibility index (Phi) is 5.60. The Balaban J connectivity index is 2.25. The summed E-state index contributed by atoms with van der Waals surface area (Å²) in [4.78, 5) is 4.10. The highest BCUT2D eigenvalue weighted by Crippen LogP contribution is 2.10. The molecule has 0 saturated heterocycles. The average molecular weight is 242 g/mol. The normalized spacial score (nSPS) is 12.1. The van der Waals surface area contributed by atoms with Crippen molar-refractivity contribution in [3.63, 3.8) is 0 Å². The van der Waals surface area contributed by atoms with E-state index in [2.05, 4.69) is 10.3 Å². The number of thioether (sulfide) groups is 1. The molecule has 0 aliphatic rings. The van der Waals surface area contributed by atoms with Crippen LogP contribution < -0.4 is 5.32 Å². The molecule has 0 aliphatic heterocycles. The van der Waals surface area contributed by atoms with Gasteiger partial charge in [0, 0.05) is 11.9 Å². The van der Waals surface area contributed by atoms with Gasteiger partial charge in [-0.1, -0.05) is 30.0 Å². The molecule has 0 bridgehead atoms. The average Bonchev–Trinajstić information content (AvgIpc) is 2.18. The molecule has 15 heavy (non-hydrogen) atoms. The van der Waals surface area contributed by atoms with E-state index in [0.717, 1.165) is 18.0 Å². The van der Waals surface area contributed by atoms with Gasteiger partial charge in [-0.25, -0.2) is 4.98 Å². The van der Waals surface area contributed by atoms with E-state index in [4.69, 9.17) is 17.3 Å². The van der Waals surface area contributed by atoms with Gasteiger partial charge < -0.3 is 10.4 Å². The number of aliphatic hydroxyl groups is 1. The van der Waals surface area contributed by atoms with Crippen molar-refractivity contribution in [1.29, 1.82) is 0 Å². The molecule has 0 aromatic carbocycles. The van der Waals surface area contributed by atoms with Gasteiger partial charge in [-0.2, -0.15) is 0 Å². The molecule has 1 unspecified atom stereocenters. The standard InChI is InChI=1S/C10H14N2OS2/c1-8(13)5-7-15-10(14)12-9-4-2-3-6-11-9/h2-4,6,8,13H,5,7H2,1H3,(H,11,12,14). The van der Waals surface area contributed by atoms with E-state index >= 15 is 0 Å². The number of aromatic nitrogens is 1. The van der Waals surface area contributed by atoms with Crippen LogP contribution >= 0.6 is 24.0 Å². The summed E-state index contributed by atoms with van der Waals surface area (Å²) in [6, 6.07) is 5.62. The fourth-order valence-electron chi connectivity index (χ4n) is 0.900. The maximum absolute atomic E-state index is 9.07. The summed E-state index contributed by atoms with van der Waals surface area (Å²) in [6.07, 6.45) is 2.19. The van der Waals surface area contributed by atoms with E-state index < -0.39 is 0 Å². The van der Waals surface area contributed by atoms with Crippen LogP contribution in [0.3, 0.4) is 0 Å². The van der Waals surface area contributed by atoms with E-state index in [1.165, 1.54) is 11.8 Å². The van der Waals surface area contributed by atoms with E-state index in [-0.39, 0.29) is 6.10 Å². The van der Waals surface area contributed by atoms with Crippen molar-refractivity contribution in [3.8, 4) is 0 Å². The lowest BCUT2D eigenvalue weighted by Gasteiger charge is -2.07. The maximum atomic E-state index is 9.07. The first kappa shape index (κ1) is 12.4. The van der Waals surface area contributed by atoms with Crippen molar-refractivity contribution in [2.75, 3.05) is 11.1 Å². The van der Waals surface area contributed by atoms with Crippen LogP contribution in [0.25, 0.3) is 0 Å². The summed E-state index contributed by atoms with van der Waals surface area (Å²) >= 11 is 6.64. The zero-order valence-electron chi connectivity index (χ0n) is 8.51. The summed E-state index contributed by atoms with van der Waals surface area (Å²) in [5.74, 6) is 1.57. The molecule has 2 N–H and O–H groups in total. The summed E-state index contributed by atoms with van der Waals surface area (Å²) in [5, 5.41) is 12.1. The Morgan fingerprint density at radius 1 is 1.67 bits per heavy atom. The second-order valence-corrected chi connectivity index (χ2v) is 4.89. The van der Waals surface area contributed by atoms with E-state index in [1.807, 2.05) is 18.2 Å². The van der Waals surface area contributed by atoms with Crippen molar-refractivity contribution in [3.05, 3.63) is 24.4 Å². The minimum absolute atomic E-state index is 0.268. The van der Waals surface area contributed by atoms with Gasteiger partial charge in [-0.15, -0.1) is 0 Å². The number of pyridine rings is 1. The first-order chi connectivity index (χ1) is 7.18. The molecule has 5 heteroatoms. The van der Waals surface area contributed by atoms with Gasteiger partial charge in [-0.3, -0.25) is 0 Å². The van der Waals surface area contributed by atoms with E-state index in [1.54, 1.807) is 13.1 Å². The SMILES string of the molecule is CC(O)CCSC(=S)Nc1ccccn1. The van der Waals surface area contributed by atoms with Crippen LogP contribution in [0.5, 0.6) is 0 Å². The minimum atomic E-state index is -0.268. The maximum Gasteiger partial charge on any atom is 0.139 e. The van der Waals surface area contributed by atoms with Crippen molar-refractivity contribution in [2.24, 2.45) is 0 Å². The monoisotopic (exact) mass is 242 g/mol. The number of rotatable bonds is 4. The number of thiocarbonyl (C=S) groups is 1. The lowest BCUT2D eigenvalue weighted by Crippen LogP contribution is -2.08. The van der Waals surface area contributed by atoms with Crippen LogP contribution in [0.4, 0.5) is 5.82 Å². The van der Waals surface area contributed by atoms with Gasteiger partial charge in [0.1, 0.15) is 10.1 Å². The van der Waals surface area contributed by atoms with Crippen molar-refractivity contribution in [1.82, 2.24) is 4.98 Å². The van der Waals surface area contributed by atoms with Gasteiger partial charge in [0.05, 0.1) is 6.10 Å². The predicted molar refractivity (Wildman–Crippen MR) is 69.2 cm³/mol. The molecule has 0 amide bonds. The smallest absolute Gasteiger partial charge is 0.139 e. The molecule has 0 spiro atoms. The van der Waals surface area contributed by atoms with Crippen LogP contribution in [0.15, 0.2) is 24.4 Å². The first-order valence-corrected chi connectivity index (χ1v) is 6.11. The summed E-state index contributed by atoms with van der Waals surface area (Å²) in [6.45, 7) is 1.77. The zero-order chi connectivity index (χ0) is 11.1. The second-order valence-electron chi connectivity index (χ2n) is 3.11. The van der Waals surface area contributed by atoms with Crippen molar-refractivity contribution in [2.45, 2.75) is 19.4 Å². The van der Waals surface area contributed by atoms with Crippen LogP contribution in [0.2, 0.25) is 0 Å². The molecule has 1 rings (SSSR count). The zero-order valence-corrected chi connectivity index (χ0v) is 10.1. The lowest BCUT2D eigenvalue weighted by molar-refractivity contribution is 0.192. The highest BCUT2D eigenvalue weighted by atomic mass is 32.2. The molecule has 1 heterocycles. The molecule has 82 valence electrons. The molecule has 1 atom stereocenters. The molecule has 0 saturated carbocycles. The molecular weight excluding hydrogens is 228 g/mol. The molecule has 1 aromatic heterocycles. The quantitative estimate of drug-likeness (QED) is 0.793. The number of hydrogen-bond donors (Lipinski definition) is 2. The van der Waals surface area contributed by atoms with E-state index in [0.29, 0.717) is 4.32 Å². The Morgan fingerprint density at radius 3 is 3.07 bits per heavy atom. The number of nitrogens with one attached hydrogen (secondary N) is 1. The molecule has 1 aromatic rings. The third-order valence-electron chi connectivity index (χ3n) is 1.66. The van der Waals surface area contributed by atoms with Crippen LogP contribution in [-0.2, 0) is 0 Å². The van der Waals surface area contributed by atoms with Gasteiger partial charge in [0.15, 0.2) is 0 Å². The van der Waals surface area contributed by atoms with Gasteiger partial charge in [-0.05, 0) is 25.5 Å². The fourth-order valence-corrected chi connectivity index (χ4v) is 2.08. The third-order valence-corrected chi connectivity index (χ3v) is 2.92. The predicted octanol–water partition coefficient (Wildman–Crippen LogP) is 2.28.